The van der Waals surface area contributed by atoms with Crippen molar-refractivity contribution in [3.05, 3.63) is 59.7 Å². The number of ether oxygens (including phenoxy) is 1. The zero-order valence-corrected chi connectivity index (χ0v) is 11.1. The van der Waals surface area contributed by atoms with Crippen LogP contribution >= 0.6 is 0 Å². The zero-order valence-electron chi connectivity index (χ0n) is 11.1. The van der Waals surface area contributed by atoms with Crippen molar-refractivity contribution in [1.29, 1.82) is 0 Å². The van der Waals surface area contributed by atoms with Crippen LogP contribution in [0.3, 0.4) is 0 Å². The summed E-state index contributed by atoms with van der Waals surface area (Å²) < 4.78 is 31.6. The topological polar surface area (TPSA) is 29.5 Å². The molecule has 0 aliphatic heterocycles. The van der Waals surface area contributed by atoms with Crippen molar-refractivity contribution in [3.8, 4) is 11.5 Å². The first kappa shape index (κ1) is 14.5. The van der Waals surface area contributed by atoms with E-state index in [0.717, 1.165) is 17.7 Å². The number of halogens is 2. The maximum Gasteiger partial charge on any atom is 0.168 e. The number of hydrogen-bond donors (Lipinski definition) is 1. The van der Waals surface area contributed by atoms with Gasteiger partial charge >= 0.3 is 0 Å². The van der Waals surface area contributed by atoms with E-state index in [1.54, 1.807) is 12.1 Å². The molecule has 1 N–H and O–H groups in total. The van der Waals surface area contributed by atoms with Crippen molar-refractivity contribution < 1.29 is 18.6 Å². The number of aliphatic hydroxyl groups is 1. The van der Waals surface area contributed by atoms with Crippen LogP contribution in [0.25, 0.3) is 0 Å². The molecular formula is C16H16F2O2. The Kier molecular flexibility index (Phi) is 4.69. The van der Waals surface area contributed by atoms with E-state index < -0.39 is 11.6 Å². The van der Waals surface area contributed by atoms with E-state index in [0.29, 0.717) is 12.2 Å². The molecule has 0 saturated carbocycles. The standard InChI is InChI=1S/C16H16F2O2/c1-11(8-9-19)12-2-5-14(6-3-12)20-16-7-4-13(17)10-15(16)18/h2-7,10-11,19H,8-9H2,1H3. The van der Waals surface area contributed by atoms with Crippen LogP contribution in [0.1, 0.15) is 24.8 Å². The summed E-state index contributed by atoms with van der Waals surface area (Å²) in [7, 11) is 0. The van der Waals surface area contributed by atoms with Crippen molar-refractivity contribution in [2.45, 2.75) is 19.3 Å². The Morgan fingerprint density at radius 1 is 1.10 bits per heavy atom. The van der Waals surface area contributed by atoms with Crippen LogP contribution in [0.5, 0.6) is 11.5 Å². The van der Waals surface area contributed by atoms with Crippen molar-refractivity contribution >= 4 is 0 Å². The van der Waals surface area contributed by atoms with Gasteiger partial charge in [0, 0.05) is 12.7 Å². The van der Waals surface area contributed by atoms with Crippen LogP contribution in [0.15, 0.2) is 42.5 Å². The maximum atomic E-state index is 13.5. The molecule has 4 heteroatoms. The summed E-state index contributed by atoms with van der Waals surface area (Å²) in [6, 6.07) is 10.4. The minimum absolute atomic E-state index is 0.0115. The largest absolute Gasteiger partial charge is 0.454 e. The minimum atomic E-state index is -0.734. The fourth-order valence-electron chi connectivity index (χ4n) is 1.91. The molecule has 1 unspecified atom stereocenters. The fraction of sp³-hybridized carbons (Fsp3) is 0.250. The van der Waals surface area contributed by atoms with E-state index in [1.807, 2.05) is 19.1 Å². The Bertz CT molecular complexity index is 567. The highest BCUT2D eigenvalue weighted by Crippen LogP contribution is 2.27. The van der Waals surface area contributed by atoms with E-state index in [2.05, 4.69) is 0 Å². The van der Waals surface area contributed by atoms with Gasteiger partial charge in [-0.25, -0.2) is 8.78 Å². The average molecular weight is 278 g/mol. The summed E-state index contributed by atoms with van der Waals surface area (Å²) >= 11 is 0. The molecule has 0 aromatic heterocycles. The molecule has 0 heterocycles. The predicted molar refractivity (Wildman–Crippen MR) is 73.0 cm³/mol. The zero-order chi connectivity index (χ0) is 14.5. The number of benzene rings is 2. The molecule has 1 atom stereocenters. The molecule has 0 aliphatic rings. The molecule has 0 bridgehead atoms. The van der Waals surface area contributed by atoms with Gasteiger partial charge in [-0.1, -0.05) is 19.1 Å². The van der Waals surface area contributed by atoms with Gasteiger partial charge < -0.3 is 9.84 Å². The third kappa shape index (κ3) is 3.54. The highest BCUT2D eigenvalue weighted by molar-refractivity contribution is 5.34. The first-order valence-corrected chi connectivity index (χ1v) is 6.44. The summed E-state index contributed by atoms with van der Waals surface area (Å²) in [4.78, 5) is 0. The van der Waals surface area contributed by atoms with Gasteiger partial charge in [0.1, 0.15) is 11.6 Å². The number of hydrogen-bond acceptors (Lipinski definition) is 2. The second kappa shape index (κ2) is 6.48. The lowest BCUT2D eigenvalue weighted by atomic mass is 9.98. The smallest absolute Gasteiger partial charge is 0.168 e. The second-order valence-corrected chi connectivity index (χ2v) is 4.66. The first-order chi connectivity index (χ1) is 9.60. The molecule has 0 fully saturated rings. The van der Waals surface area contributed by atoms with E-state index in [4.69, 9.17) is 9.84 Å². The van der Waals surface area contributed by atoms with Crippen LogP contribution in [0.4, 0.5) is 8.78 Å². The highest BCUT2D eigenvalue weighted by atomic mass is 19.1. The van der Waals surface area contributed by atoms with E-state index in [-0.39, 0.29) is 18.3 Å². The lowest BCUT2D eigenvalue weighted by molar-refractivity contribution is 0.278. The fourth-order valence-corrected chi connectivity index (χ4v) is 1.91. The van der Waals surface area contributed by atoms with E-state index in [1.165, 1.54) is 6.07 Å². The number of rotatable bonds is 5. The van der Waals surface area contributed by atoms with Gasteiger partial charge in [0.05, 0.1) is 0 Å². The minimum Gasteiger partial charge on any atom is -0.454 e. The van der Waals surface area contributed by atoms with Gasteiger partial charge in [-0.2, -0.15) is 0 Å². The van der Waals surface area contributed by atoms with Crippen LogP contribution in [-0.4, -0.2) is 11.7 Å². The van der Waals surface area contributed by atoms with Crippen LogP contribution in [0, 0.1) is 11.6 Å². The average Bonchev–Trinajstić information content (AvgIpc) is 2.43. The molecular weight excluding hydrogens is 262 g/mol. The van der Waals surface area contributed by atoms with Crippen molar-refractivity contribution in [2.24, 2.45) is 0 Å². The predicted octanol–water partition coefficient (Wildman–Crippen LogP) is 4.24. The summed E-state index contributed by atoms with van der Waals surface area (Å²) in [5.74, 6) is -0.652. The van der Waals surface area contributed by atoms with E-state index >= 15 is 0 Å². The molecule has 0 radical (unpaired) electrons. The SMILES string of the molecule is CC(CCO)c1ccc(Oc2ccc(F)cc2F)cc1. The molecule has 106 valence electrons. The molecule has 0 spiro atoms. The summed E-state index contributed by atoms with van der Waals surface area (Å²) in [5.41, 5.74) is 1.07. The first-order valence-electron chi connectivity index (χ1n) is 6.44. The van der Waals surface area contributed by atoms with Crippen LogP contribution in [-0.2, 0) is 0 Å². The molecule has 2 rings (SSSR count). The number of aliphatic hydroxyl groups excluding tert-OH is 1. The van der Waals surface area contributed by atoms with Gasteiger partial charge in [0.15, 0.2) is 11.6 Å². The highest BCUT2D eigenvalue weighted by Gasteiger charge is 2.08. The molecule has 2 nitrogen and oxygen atoms in total. The lowest BCUT2D eigenvalue weighted by Gasteiger charge is -2.11. The van der Waals surface area contributed by atoms with Gasteiger partial charge in [0.25, 0.3) is 0 Å². The third-order valence-electron chi connectivity index (χ3n) is 3.13. The molecule has 0 amide bonds. The molecule has 0 aliphatic carbocycles. The molecule has 2 aromatic carbocycles. The van der Waals surface area contributed by atoms with Gasteiger partial charge in [-0.05, 0) is 42.2 Å². The third-order valence-corrected chi connectivity index (χ3v) is 3.13. The molecule has 0 saturated heterocycles. The maximum absolute atomic E-state index is 13.5. The monoisotopic (exact) mass is 278 g/mol. The van der Waals surface area contributed by atoms with Crippen molar-refractivity contribution in [3.63, 3.8) is 0 Å². The summed E-state index contributed by atoms with van der Waals surface area (Å²) in [6.07, 6.45) is 0.687. The molecule has 2 aromatic rings. The normalized spacial score (nSPS) is 12.2. The Labute approximate surface area is 116 Å². The van der Waals surface area contributed by atoms with E-state index in [9.17, 15) is 8.78 Å². The Morgan fingerprint density at radius 2 is 1.80 bits per heavy atom. The van der Waals surface area contributed by atoms with Crippen molar-refractivity contribution in [1.82, 2.24) is 0 Å². The Hall–Kier alpha value is -1.94. The second-order valence-electron chi connectivity index (χ2n) is 4.66. The van der Waals surface area contributed by atoms with Gasteiger partial charge in [-0.3, -0.25) is 0 Å². The quantitative estimate of drug-likeness (QED) is 0.886. The molecule has 20 heavy (non-hydrogen) atoms. The summed E-state index contributed by atoms with van der Waals surface area (Å²) in [6.45, 7) is 2.16. The van der Waals surface area contributed by atoms with Crippen LogP contribution in [0.2, 0.25) is 0 Å². The lowest BCUT2D eigenvalue weighted by Crippen LogP contribution is -1.96. The van der Waals surface area contributed by atoms with Crippen molar-refractivity contribution in [2.75, 3.05) is 6.61 Å². The summed E-state index contributed by atoms with van der Waals surface area (Å²) in [5, 5.41) is 8.90. The van der Waals surface area contributed by atoms with Crippen LogP contribution < -0.4 is 4.74 Å². The van der Waals surface area contributed by atoms with Gasteiger partial charge in [-0.15, -0.1) is 0 Å². The van der Waals surface area contributed by atoms with Gasteiger partial charge in [0.2, 0.25) is 0 Å². The Morgan fingerprint density at radius 3 is 2.40 bits per heavy atom. The Balaban J connectivity index is 2.10.